The molecule has 2 rings (SSSR count). The Morgan fingerprint density at radius 3 is 2.81 bits per heavy atom. The van der Waals surface area contributed by atoms with Gasteiger partial charge in [-0.3, -0.25) is 4.79 Å². The van der Waals surface area contributed by atoms with Gasteiger partial charge in [-0.25, -0.2) is 4.98 Å². The number of morpholine rings is 1. The van der Waals surface area contributed by atoms with Crippen LogP contribution in [0.25, 0.3) is 0 Å². The van der Waals surface area contributed by atoms with Crippen molar-refractivity contribution in [2.24, 2.45) is 0 Å². The summed E-state index contributed by atoms with van der Waals surface area (Å²) in [5.74, 6) is 0.218. The van der Waals surface area contributed by atoms with E-state index < -0.39 is 0 Å². The van der Waals surface area contributed by atoms with Crippen LogP contribution in [0.15, 0.2) is 0 Å². The van der Waals surface area contributed by atoms with E-state index in [0.717, 1.165) is 37.5 Å². The maximum absolute atomic E-state index is 12.3. The molecular weight excluding hydrogens is 288 g/mol. The molecule has 7 heteroatoms. The lowest BCUT2D eigenvalue weighted by Crippen LogP contribution is -2.36. The molecule has 6 nitrogen and oxygen atoms in total. The lowest BCUT2D eigenvalue weighted by atomic mass is 10.1. The molecule has 2 heterocycles. The van der Waals surface area contributed by atoms with E-state index in [1.807, 2.05) is 0 Å². The average Bonchev–Trinajstić information content (AvgIpc) is 2.89. The molecule has 1 aromatic heterocycles. The Kier molecular flexibility index (Phi) is 5.81. The summed E-state index contributed by atoms with van der Waals surface area (Å²) in [6.07, 6.45) is 2.96. The molecule has 1 fully saturated rings. The molecule has 1 aliphatic rings. The Balaban J connectivity index is 2.05. The van der Waals surface area contributed by atoms with Gasteiger partial charge in [0.15, 0.2) is 5.13 Å². The van der Waals surface area contributed by atoms with E-state index in [1.165, 1.54) is 11.3 Å². The quantitative estimate of drug-likeness (QED) is 0.838. The number of hydrogen-bond donors (Lipinski definition) is 2. The maximum Gasteiger partial charge on any atom is 0.265 e. The van der Waals surface area contributed by atoms with E-state index in [1.54, 1.807) is 0 Å². The van der Waals surface area contributed by atoms with Gasteiger partial charge in [0.2, 0.25) is 0 Å². The molecule has 1 saturated heterocycles. The molecule has 1 aromatic rings. The third-order valence-corrected chi connectivity index (χ3v) is 4.73. The van der Waals surface area contributed by atoms with E-state index in [2.05, 4.69) is 29.0 Å². The van der Waals surface area contributed by atoms with Crippen molar-refractivity contribution >= 4 is 28.2 Å². The summed E-state index contributed by atoms with van der Waals surface area (Å²) >= 11 is 1.37. The van der Waals surface area contributed by atoms with Gasteiger partial charge in [0.1, 0.15) is 10.7 Å². The number of nitrogens with two attached hydrogens (primary N) is 1. The van der Waals surface area contributed by atoms with Gasteiger partial charge >= 0.3 is 0 Å². The lowest BCUT2D eigenvalue weighted by Gasteiger charge is -2.25. The van der Waals surface area contributed by atoms with Gasteiger partial charge in [0.05, 0.1) is 13.2 Å². The van der Waals surface area contributed by atoms with Crippen LogP contribution in [0, 0.1) is 0 Å². The van der Waals surface area contributed by atoms with E-state index in [9.17, 15) is 4.79 Å². The first-order valence-electron chi connectivity index (χ1n) is 7.55. The van der Waals surface area contributed by atoms with Gasteiger partial charge in [-0.2, -0.15) is 0 Å². The monoisotopic (exact) mass is 312 g/mol. The molecule has 21 heavy (non-hydrogen) atoms. The molecule has 3 N–H and O–H groups in total. The predicted molar refractivity (Wildman–Crippen MR) is 86.0 cm³/mol. The molecule has 1 unspecified atom stereocenters. The van der Waals surface area contributed by atoms with Crippen LogP contribution in [-0.2, 0) is 4.74 Å². The topological polar surface area (TPSA) is 80.5 Å². The second-order valence-corrected chi connectivity index (χ2v) is 6.16. The first kappa shape index (κ1) is 16.0. The van der Waals surface area contributed by atoms with Crippen molar-refractivity contribution in [2.75, 3.05) is 36.9 Å². The Morgan fingerprint density at radius 2 is 2.19 bits per heavy atom. The van der Waals surface area contributed by atoms with E-state index in [0.29, 0.717) is 23.9 Å². The normalized spacial score (nSPS) is 16.8. The van der Waals surface area contributed by atoms with Crippen molar-refractivity contribution in [1.29, 1.82) is 0 Å². The van der Waals surface area contributed by atoms with Gasteiger partial charge in [0, 0.05) is 19.1 Å². The number of aromatic nitrogens is 1. The van der Waals surface area contributed by atoms with Gasteiger partial charge in [-0.05, 0) is 12.8 Å². The fourth-order valence-electron chi connectivity index (χ4n) is 2.35. The summed E-state index contributed by atoms with van der Waals surface area (Å²) in [4.78, 5) is 19.3. The summed E-state index contributed by atoms with van der Waals surface area (Å²) in [7, 11) is 0. The smallest absolute Gasteiger partial charge is 0.265 e. The number of carbonyl (C=O) groups excluding carboxylic acids is 1. The number of amides is 1. The average molecular weight is 312 g/mol. The number of hydrogen-bond acceptors (Lipinski definition) is 6. The molecule has 1 amide bonds. The number of anilines is 2. The Morgan fingerprint density at radius 1 is 1.48 bits per heavy atom. The van der Waals surface area contributed by atoms with Crippen LogP contribution in [0.5, 0.6) is 0 Å². The van der Waals surface area contributed by atoms with Gasteiger partial charge < -0.3 is 20.7 Å². The molecule has 1 atom stereocenters. The molecule has 0 saturated carbocycles. The second kappa shape index (κ2) is 7.61. The first-order valence-corrected chi connectivity index (χ1v) is 8.37. The zero-order valence-corrected chi connectivity index (χ0v) is 13.5. The van der Waals surface area contributed by atoms with Gasteiger partial charge in [0.25, 0.3) is 5.91 Å². The van der Waals surface area contributed by atoms with Crippen molar-refractivity contribution in [1.82, 2.24) is 10.3 Å². The molecule has 0 aromatic carbocycles. The standard InChI is InChI=1S/C14H24N4O2S/c1-3-5-10(4-2)16-13(19)11-12(15)17-14(21-11)18-6-8-20-9-7-18/h10H,3-9,15H2,1-2H3,(H,16,19). The van der Waals surface area contributed by atoms with Crippen LogP contribution in [0.2, 0.25) is 0 Å². The van der Waals surface area contributed by atoms with Crippen molar-refractivity contribution < 1.29 is 9.53 Å². The number of thiazole rings is 1. The summed E-state index contributed by atoms with van der Waals surface area (Å²) in [6, 6.07) is 0.204. The number of nitrogens with one attached hydrogen (secondary N) is 1. The fourth-order valence-corrected chi connectivity index (χ4v) is 3.29. The number of carbonyl (C=O) groups is 1. The number of ether oxygens (including phenoxy) is 1. The lowest BCUT2D eigenvalue weighted by molar-refractivity contribution is 0.0938. The highest BCUT2D eigenvalue weighted by Gasteiger charge is 2.22. The third kappa shape index (κ3) is 4.07. The van der Waals surface area contributed by atoms with Crippen LogP contribution in [0.3, 0.4) is 0 Å². The van der Waals surface area contributed by atoms with E-state index in [4.69, 9.17) is 10.5 Å². The summed E-state index contributed by atoms with van der Waals surface area (Å²) in [6.45, 7) is 7.16. The highest BCUT2D eigenvalue weighted by Crippen LogP contribution is 2.28. The largest absolute Gasteiger partial charge is 0.382 e. The zero-order chi connectivity index (χ0) is 15.2. The second-order valence-electron chi connectivity index (χ2n) is 5.18. The number of nitrogen functional groups attached to an aromatic ring is 1. The minimum atomic E-state index is -0.107. The SMILES string of the molecule is CCCC(CC)NC(=O)c1sc(N2CCOCC2)nc1N. The molecular formula is C14H24N4O2S. The zero-order valence-electron chi connectivity index (χ0n) is 12.7. The molecule has 0 radical (unpaired) electrons. The van der Waals surface area contributed by atoms with Crippen LogP contribution in [0.4, 0.5) is 10.9 Å². The molecule has 0 aliphatic carbocycles. The minimum absolute atomic E-state index is 0.107. The summed E-state index contributed by atoms with van der Waals surface area (Å²) in [5, 5.41) is 3.86. The Bertz CT molecular complexity index is 472. The predicted octanol–water partition coefficient (Wildman–Crippen LogP) is 1.87. The van der Waals surface area contributed by atoms with Crippen molar-refractivity contribution in [2.45, 2.75) is 39.2 Å². The fraction of sp³-hybridized carbons (Fsp3) is 0.714. The molecule has 0 spiro atoms. The molecule has 0 bridgehead atoms. The highest BCUT2D eigenvalue weighted by atomic mass is 32.1. The number of nitrogens with zero attached hydrogens (tertiary/aromatic N) is 2. The van der Waals surface area contributed by atoms with Crippen molar-refractivity contribution in [3.05, 3.63) is 4.88 Å². The Hall–Kier alpha value is -1.34. The molecule has 118 valence electrons. The third-order valence-electron chi connectivity index (χ3n) is 3.60. The van der Waals surface area contributed by atoms with Crippen LogP contribution >= 0.6 is 11.3 Å². The summed E-state index contributed by atoms with van der Waals surface area (Å²) in [5.41, 5.74) is 5.92. The maximum atomic E-state index is 12.3. The van der Waals surface area contributed by atoms with Crippen molar-refractivity contribution in [3.63, 3.8) is 0 Å². The van der Waals surface area contributed by atoms with Crippen molar-refractivity contribution in [3.8, 4) is 0 Å². The molecule has 1 aliphatic heterocycles. The van der Waals surface area contributed by atoms with Gasteiger partial charge in [-0.15, -0.1) is 0 Å². The first-order chi connectivity index (χ1) is 10.2. The number of rotatable bonds is 6. The van der Waals surface area contributed by atoms with Crippen LogP contribution in [-0.4, -0.2) is 43.2 Å². The van der Waals surface area contributed by atoms with E-state index in [-0.39, 0.29) is 11.9 Å². The van der Waals surface area contributed by atoms with Gasteiger partial charge in [-0.1, -0.05) is 31.6 Å². The Labute approximate surface area is 129 Å². The summed E-state index contributed by atoms with van der Waals surface area (Å²) < 4.78 is 5.32. The van der Waals surface area contributed by atoms with E-state index >= 15 is 0 Å². The van der Waals surface area contributed by atoms with Crippen LogP contribution < -0.4 is 16.0 Å². The highest BCUT2D eigenvalue weighted by molar-refractivity contribution is 7.18. The minimum Gasteiger partial charge on any atom is -0.382 e. The van der Waals surface area contributed by atoms with Crippen LogP contribution in [0.1, 0.15) is 42.8 Å².